The number of nitrogens with one attached hydrogen (secondary N) is 2. The van der Waals surface area contributed by atoms with Crippen LogP contribution in [0.25, 0.3) is 10.2 Å². The molecule has 3 heterocycles. The highest BCUT2D eigenvalue weighted by molar-refractivity contribution is 7.17. The molecule has 0 fully saturated rings. The molecule has 2 amide bonds. The topological polar surface area (TPSA) is 66.9 Å². The number of anilines is 2. The van der Waals surface area contributed by atoms with E-state index in [0.29, 0.717) is 5.82 Å². The first-order valence-electron chi connectivity index (χ1n) is 3.65. The predicted molar refractivity (Wildman–Crippen MR) is 50.1 cm³/mol. The van der Waals surface area contributed by atoms with Crippen LogP contribution in [0.15, 0.2) is 11.7 Å². The van der Waals surface area contributed by atoms with E-state index in [9.17, 15) is 4.79 Å². The van der Waals surface area contributed by atoms with Gasteiger partial charge in [-0.25, -0.2) is 14.8 Å². The summed E-state index contributed by atoms with van der Waals surface area (Å²) >= 11 is 1.49. The second-order valence-corrected chi connectivity index (χ2v) is 3.49. The van der Waals surface area contributed by atoms with Crippen molar-refractivity contribution in [2.24, 2.45) is 0 Å². The van der Waals surface area contributed by atoms with Gasteiger partial charge in [0.1, 0.15) is 17.0 Å². The second-order valence-electron chi connectivity index (χ2n) is 2.63. The van der Waals surface area contributed by atoms with E-state index in [0.717, 1.165) is 15.9 Å². The average Bonchev–Trinajstić information content (AvgIpc) is 2.50. The fourth-order valence-electron chi connectivity index (χ4n) is 1.32. The number of urea groups is 1. The Labute approximate surface area is 76.8 Å². The quantitative estimate of drug-likeness (QED) is 0.666. The number of carbonyl (C=O) groups excluding carboxylic acids is 1. The molecule has 1 aliphatic heterocycles. The van der Waals surface area contributed by atoms with Crippen LogP contribution >= 0.6 is 11.3 Å². The van der Waals surface area contributed by atoms with E-state index < -0.39 is 0 Å². The molecule has 64 valence electrons. The lowest BCUT2D eigenvalue weighted by Gasteiger charge is -2.12. The van der Waals surface area contributed by atoms with Gasteiger partial charge < -0.3 is 5.32 Å². The van der Waals surface area contributed by atoms with E-state index in [1.165, 1.54) is 17.7 Å². The number of nitrogens with zero attached hydrogens (tertiary/aromatic N) is 2. The summed E-state index contributed by atoms with van der Waals surface area (Å²) in [5.74, 6) is 0.588. The Morgan fingerprint density at radius 3 is 3.15 bits per heavy atom. The second kappa shape index (κ2) is 2.17. The molecule has 2 aromatic heterocycles. The summed E-state index contributed by atoms with van der Waals surface area (Å²) in [6.45, 7) is 0. The summed E-state index contributed by atoms with van der Waals surface area (Å²) in [5.41, 5.74) is 0.791. The van der Waals surface area contributed by atoms with Crippen molar-refractivity contribution in [2.45, 2.75) is 0 Å². The summed E-state index contributed by atoms with van der Waals surface area (Å²) in [6.07, 6.45) is 1.45. The maximum absolute atomic E-state index is 11.1. The van der Waals surface area contributed by atoms with E-state index >= 15 is 0 Å². The van der Waals surface area contributed by atoms with E-state index in [-0.39, 0.29) is 6.03 Å². The summed E-state index contributed by atoms with van der Waals surface area (Å²) in [6, 6.07) is -0.245. The van der Waals surface area contributed by atoms with Crippen LogP contribution in [0.5, 0.6) is 0 Å². The van der Waals surface area contributed by atoms with Gasteiger partial charge in [0.2, 0.25) is 0 Å². The third-order valence-corrected chi connectivity index (χ3v) is 2.74. The average molecular weight is 192 g/mol. The fourth-order valence-corrected chi connectivity index (χ4v) is 2.16. The van der Waals surface area contributed by atoms with Crippen molar-refractivity contribution in [3.63, 3.8) is 0 Å². The molecule has 6 heteroatoms. The Kier molecular flexibility index (Phi) is 1.13. The van der Waals surface area contributed by atoms with Gasteiger partial charge in [-0.2, -0.15) is 0 Å². The number of amides is 2. The van der Waals surface area contributed by atoms with Gasteiger partial charge >= 0.3 is 6.03 Å². The number of aromatic nitrogens is 2. The van der Waals surface area contributed by atoms with E-state index in [1.54, 1.807) is 0 Å². The van der Waals surface area contributed by atoms with Gasteiger partial charge in [0, 0.05) is 5.38 Å². The van der Waals surface area contributed by atoms with Gasteiger partial charge in [-0.1, -0.05) is 0 Å². The van der Waals surface area contributed by atoms with Crippen molar-refractivity contribution in [3.8, 4) is 0 Å². The molecular formula is C7H4N4OS. The monoisotopic (exact) mass is 192 g/mol. The molecule has 0 spiro atoms. The first kappa shape index (κ1) is 6.79. The number of hydrogen-bond acceptors (Lipinski definition) is 4. The third kappa shape index (κ3) is 0.829. The van der Waals surface area contributed by atoms with Crippen LogP contribution in [0, 0.1) is 0 Å². The zero-order valence-corrected chi connectivity index (χ0v) is 7.18. The first-order valence-corrected chi connectivity index (χ1v) is 4.53. The molecule has 3 rings (SSSR count). The van der Waals surface area contributed by atoms with Crippen LogP contribution in [-0.2, 0) is 0 Å². The molecule has 0 radical (unpaired) electrons. The summed E-state index contributed by atoms with van der Waals surface area (Å²) in [7, 11) is 0. The Hall–Kier alpha value is -1.69. The molecule has 0 aliphatic carbocycles. The van der Waals surface area contributed by atoms with Gasteiger partial charge in [-0.15, -0.1) is 11.3 Å². The van der Waals surface area contributed by atoms with Crippen molar-refractivity contribution in [3.05, 3.63) is 11.7 Å². The standard InChI is InChI=1S/C7H4N4OS/c12-7-10-3-1-13-6-4(3)5(11-7)8-2-9-6/h1-2H,(H2,8,9,10,11,12). The Morgan fingerprint density at radius 2 is 2.23 bits per heavy atom. The van der Waals surface area contributed by atoms with Crippen molar-refractivity contribution >= 4 is 39.1 Å². The number of carbonyl (C=O) groups is 1. The van der Waals surface area contributed by atoms with Crippen LogP contribution in [0.4, 0.5) is 16.3 Å². The van der Waals surface area contributed by atoms with Gasteiger partial charge in [0.15, 0.2) is 0 Å². The van der Waals surface area contributed by atoms with Gasteiger partial charge in [-0.05, 0) is 0 Å². The molecule has 0 saturated heterocycles. The minimum atomic E-state index is -0.245. The van der Waals surface area contributed by atoms with E-state index in [4.69, 9.17) is 0 Å². The normalized spacial score (nSPS) is 14.0. The van der Waals surface area contributed by atoms with Crippen molar-refractivity contribution in [2.75, 3.05) is 10.6 Å². The molecule has 2 N–H and O–H groups in total. The highest BCUT2D eigenvalue weighted by atomic mass is 32.1. The zero-order chi connectivity index (χ0) is 8.84. The number of hydrogen-bond donors (Lipinski definition) is 2. The molecule has 0 saturated carbocycles. The molecule has 1 aliphatic rings. The van der Waals surface area contributed by atoms with Crippen LogP contribution < -0.4 is 10.6 Å². The minimum absolute atomic E-state index is 0.245. The number of thiophene rings is 1. The van der Waals surface area contributed by atoms with Gasteiger partial charge in [-0.3, -0.25) is 5.32 Å². The molecule has 13 heavy (non-hydrogen) atoms. The third-order valence-electron chi connectivity index (χ3n) is 1.85. The highest BCUT2D eigenvalue weighted by Crippen LogP contribution is 2.35. The molecular weight excluding hydrogens is 188 g/mol. The van der Waals surface area contributed by atoms with Crippen LogP contribution in [0.3, 0.4) is 0 Å². The lowest BCUT2D eigenvalue weighted by molar-refractivity contribution is 0.262. The molecule has 0 aromatic carbocycles. The molecule has 0 bridgehead atoms. The van der Waals surface area contributed by atoms with Crippen molar-refractivity contribution in [1.29, 1.82) is 0 Å². The zero-order valence-electron chi connectivity index (χ0n) is 6.37. The van der Waals surface area contributed by atoms with Gasteiger partial charge in [0.25, 0.3) is 0 Å². The summed E-state index contributed by atoms with van der Waals surface area (Å²) in [5, 5.41) is 8.06. The first-order chi connectivity index (χ1) is 6.34. The van der Waals surface area contributed by atoms with Crippen LogP contribution in [-0.4, -0.2) is 16.0 Å². The maximum Gasteiger partial charge on any atom is 0.324 e. The highest BCUT2D eigenvalue weighted by Gasteiger charge is 2.19. The predicted octanol–water partition coefficient (Wildman–Crippen LogP) is 1.65. The minimum Gasteiger partial charge on any atom is -0.306 e. The van der Waals surface area contributed by atoms with Gasteiger partial charge in [0.05, 0.1) is 11.1 Å². The molecule has 5 nitrogen and oxygen atoms in total. The van der Waals surface area contributed by atoms with E-state index in [2.05, 4.69) is 20.6 Å². The SMILES string of the molecule is O=C1Nc2csc3ncnc(c23)N1. The summed E-state index contributed by atoms with van der Waals surface area (Å²) < 4.78 is 0. The van der Waals surface area contributed by atoms with Crippen molar-refractivity contribution in [1.82, 2.24) is 9.97 Å². The molecule has 0 atom stereocenters. The molecule has 2 aromatic rings. The fraction of sp³-hybridized carbons (Fsp3) is 0. The van der Waals surface area contributed by atoms with Crippen LogP contribution in [0.2, 0.25) is 0 Å². The lowest BCUT2D eigenvalue weighted by Crippen LogP contribution is -2.23. The Morgan fingerprint density at radius 1 is 1.31 bits per heavy atom. The van der Waals surface area contributed by atoms with Crippen molar-refractivity contribution < 1.29 is 4.79 Å². The smallest absolute Gasteiger partial charge is 0.306 e. The lowest BCUT2D eigenvalue weighted by atomic mass is 10.3. The Balaban J connectivity index is 2.44. The number of rotatable bonds is 0. The molecule has 0 unspecified atom stereocenters. The van der Waals surface area contributed by atoms with Crippen LogP contribution in [0.1, 0.15) is 0 Å². The Bertz CT molecular complexity index is 506. The van der Waals surface area contributed by atoms with E-state index in [1.807, 2.05) is 5.38 Å². The largest absolute Gasteiger partial charge is 0.324 e. The summed E-state index contributed by atoms with van der Waals surface area (Å²) in [4.78, 5) is 20.0. The maximum atomic E-state index is 11.1.